The van der Waals surface area contributed by atoms with Gasteiger partial charge >= 0.3 is 0 Å². The van der Waals surface area contributed by atoms with Gasteiger partial charge in [0.1, 0.15) is 5.69 Å². The number of pyridine rings is 1. The van der Waals surface area contributed by atoms with E-state index in [1.54, 1.807) is 42.5 Å². The lowest BCUT2D eigenvalue weighted by Gasteiger charge is -2.23. The van der Waals surface area contributed by atoms with E-state index < -0.39 is 10.0 Å². The summed E-state index contributed by atoms with van der Waals surface area (Å²) >= 11 is 0. The van der Waals surface area contributed by atoms with Crippen LogP contribution in [0.3, 0.4) is 0 Å². The van der Waals surface area contributed by atoms with E-state index in [0.717, 1.165) is 0 Å². The van der Waals surface area contributed by atoms with Gasteiger partial charge in [-0.2, -0.15) is 0 Å². The van der Waals surface area contributed by atoms with Crippen LogP contribution in [0.5, 0.6) is 0 Å². The van der Waals surface area contributed by atoms with Gasteiger partial charge in [-0.1, -0.05) is 18.2 Å². The molecule has 0 N–H and O–H groups in total. The summed E-state index contributed by atoms with van der Waals surface area (Å²) in [6.07, 6.45) is 2.31. The van der Waals surface area contributed by atoms with Gasteiger partial charge in [0.2, 0.25) is 0 Å². The molecule has 1 aliphatic rings. The van der Waals surface area contributed by atoms with Crippen molar-refractivity contribution in [2.45, 2.75) is 17.7 Å². The number of anilines is 1. The number of ketones is 1. The van der Waals surface area contributed by atoms with E-state index in [0.29, 0.717) is 18.5 Å². The topological polar surface area (TPSA) is 67.3 Å². The van der Waals surface area contributed by atoms with Crippen molar-refractivity contribution in [3.8, 4) is 0 Å². The maximum Gasteiger partial charge on any atom is 0.264 e. The Balaban J connectivity index is 2.14. The molecular formula is C15H14N2O3S. The molecular weight excluding hydrogens is 288 g/mol. The van der Waals surface area contributed by atoms with Gasteiger partial charge in [0.15, 0.2) is 5.78 Å². The Kier molecular flexibility index (Phi) is 3.47. The van der Waals surface area contributed by atoms with Crippen molar-refractivity contribution < 1.29 is 13.2 Å². The third kappa shape index (κ3) is 2.42. The number of hydrogen-bond acceptors (Lipinski definition) is 4. The van der Waals surface area contributed by atoms with Crippen molar-refractivity contribution >= 4 is 21.5 Å². The van der Waals surface area contributed by atoms with Crippen LogP contribution in [0.25, 0.3) is 0 Å². The quantitative estimate of drug-likeness (QED) is 0.853. The third-order valence-corrected chi connectivity index (χ3v) is 5.24. The molecule has 3 rings (SSSR count). The van der Waals surface area contributed by atoms with E-state index >= 15 is 0 Å². The largest absolute Gasteiger partial charge is 0.292 e. The molecule has 0 saturated heterocycles. The molecule has 0 spiro atoms. The van der Waals surface area contributed by atoms with Crippen molar-refractivity contribution in [1.82, 2.24) is 4.98 Å². The number of carbonyl (C=O) groups excluding carboxylic acids is 1. The molecule has 0 amide bonds. The second-order valence-corrected chi connectivity index (χ2v) is 6.65. The van der Waals surface area contributed by atoms with Crippen LogP contribution in [0, 0.1) is 0 Å². The highest BCUT2D eigenvalue weighted by Gasteiger charge is 2.30. The Bertz CT molecular complexity index is 773. The smallest absolute Gasteiger partial charge is 0.264 e. The fourth-order valence-corrected chi connectivity index (χ4v) is 3.94. The summed E-state index contributed by atoms with van der Waals surface area (Å²) in [6.45, 7) is 0.279. The number of hydrogen-bond donors (Lipinski definition) is 0. The number of aromatic nitrogens is 1. The van der Waals surface area contributed by atoms with Crippen molar-refractivity contribution in [3.05, 3.63) is 54.4 Å². The predicted octanol–water partition coefficient (Wildman–Crippen LogP) is 2.25. The number of nitrogens with zero attached hydrogens (tertiary/aromatic N) is 2. The minimum absolute atomic E-state index is 0.114. The second kappa shape index (κ2) is 5.29. The van der Waals surface area contributed by atoms with E-state index in [4.69, 9.17) is 0 Å². The number of sulfonamides is 1. The molecule has 0 atom stereocenters. The molecule has 0 saturated carbocycles. The van der Waals surface area contributed by atoms with Crippen LogP contribution < -0.4 is 4.31 Å². The van der Waals surface area contributed by atoms with E-state index in [-0.39, 0.29) is 22.9 Å². The van der Waals surface area contributed by atoms with E-state index in [1.165, 1.54) is 10.5 Å². The lowest BCUT2D eigenvalue weighted by atomic mass is 10.1. The Morgan fingerprint density at radius 2 is 1.81 bits per heavy atom. The molecule has 5 nitrogen and oxygen atoms in total. The first-order chi connectivity index (χ1) is 10.1. The van der Waals surface area contributed by atoms with Crippen molar-refractivity contribution in [2.24, 2.45) is 0 Å². The van der Waals surface area contributed by atoms with Gasteiger partial charge in [-0.3, -0.25) is 14.1 Å². The Morgan fingerprint density at radius 3 is 2.57 bits per heavy atom. The molecule has 2 aromatic rings. The van der Waals surface area contributed by atoms with Gasteiger partial charge in [0.25, 0.3) is 10.0 Å². The lowest BCUT2D eigenvalue weighted by molar-refractivity contribution is 0.0979. The average Bonchev–Trinajstić information content (AvgIpc) is 2.68. The van der Waals surface area contributed by atoms with Gasteiger partial charge in [0, 0.05) is 19.2 Å². The zero-order valence-corrected chi connectivity index (χ0v) is 12.1. The fraction of sp³-hybridized carbons (Fsp3) is 0.200. The van der Waals surface area contributed by atoms with E-state index in [9.17, 15) is 13.2 Å². The summed E-state index contributed by atoms with van der Waals surface area (Å²) in [4.78, 5) is 16.3. The standard InChI is InChI=1S/C15H14N2O3S/c18-14-9-5-11-17(13-8-4-10-16-15(13)14)21(19,20)12-6-2-1-3-7-12/h1-4,6-8,10H,5,9,11H2. The Labute approximate surface area is 123 Å². The van der Waals surface area contributed by atoms with Gasteiger partial charge in [-0.05, 0) is 30.7 Å². The average molecular weight is 302 g/mol. The molecule has 1 aliphatic heterocycles. The number of benzene rings is 1. The minimum atomic E-state index is -3.68. The zero-order chi connectivity index (χ0) is 14.9. The van der Waals surface area contributed by atoms with Crippen molar-refractivity contribution in [1.29, 1.82) is 0 Å². The first kappa shape index (κ1) is 13.8. The maximum atomic E-state index is 12.8. The van der Waals surface area contributed by atoms with Crippen LogP contribution in [0.1, 0.15) is 23.3 Å². The van der Waals surface area contributed by atoms with Crippen LogP contribution >= 0.6 is 0 Å². The number of carbonyl (C=O) groups is 1. The molecule has 1 aromatic carbocycles. The minimum Gasteiger partial charge on any atom is -0.292 e. The molecule has 0 bridgehead atoms. The Hall–Kier alpha value is -2.21. The summed E-state index contributed by atoms with van der Waals surface area (Å²) in [5.41, 5.74) is 0.596. The van der Waals surface area contributed by atoms with Crippen LogP contribution in [0.4, 0.5) is 5.69 Å². The molecule has 0 radical (unpaired) electrons. The molecule has 0 unspecified atom stereocenters. The highest BCUT2D eigenvalue weighted by Crippen LogP contribution is 2.29. The second-order valence-electron chi connectivity index (χ2n) is 4.79. The number of rotatable bonds is 2. The van der Waals surface area contributed by atoms with Crippen LogP contribution in [0.15, 0.2) is 53.6 Å². The summed E-state index contributed by atoms with van der Waals surface area (Å²) in [5, 5.41) is 0. The summed E-state index contributed by atoms with van der Waals surface area (Å²) in [7, 11) is -3.68. The number of Topliss-reactive ketones (excluding diaryl/α,β-unsaturated/α-hetero) is 1. The molecule has 21 heavy (non-hydrogen) atoms. The van der Waals surface area contributed by atoms with Crippen LogP contribution in [0.2, 0.25) is 0 Å². The Morgan fingerprint density at radius 1 is 1.05 bits per heavy atom. The predicted molar refractivity (Wildman–Crippen MR) is 78.8 cm³/mol. The molecule has 0 aliphatic carbocycles. The molecule has 1 aromatic heterocycles. The number of fused-ring (bicyclic) bond motifs is 1. The first-order valence-electron chi connectivity index (χ1n) is 6.67. The van der Waals surface area contributed by atoms with Crippen molar-refractivity contribution in [3.63, 3.8) is 0 Å². The van der Waals surface area contributed by atoms with Crippen LogP contribution in [-0.2, 0) is 10.0 Å². The molecule has 6 heteroatoms. The van der Waals surface area contributed by atoms with Gasteiger partial charge < -0.3 is 0 Å². The maximum absolute atomic E-state index is 12.8. The normalized spacial score (nSPS) is 15.4. The van der Waals surface area contributed by atoms with Gasteiger partial charge in [-0.15, -0.1) is 0 Å². The van der Waals surface area contributed by atoms with Crippen LogP contribution in [-0.4, -0.2) is 25.7 Å². The fourth-order valence-electron chi connectivity index (χ4n) is 2.40. The van der Waals surface area contributed by atoms with Gasteiger partial charge in [-0.25, -0.2) is 8.42 Å². The van der Waals surface area contributed by atoms with E-state index in [1.807, 2.05) is 0 Å². The molecule has 2 heterocycles. The molecule has 108 valence electrons. The SMILES string of the molecule is O=C1CCCN(S(=O)(=O)c2ccccc2)c2cccnc21. The highest BCUT2D eigenvalue weighted by atomic mass is 32.2. The monoisotopic (exact) mass is 302 g/mol. The highest BCUT2D eigenvalue weighted by molar-refractivity contribution is 7.92. The zero-order valence-electron chi connectivity index (χ0n) is 11.3. The van der Waals surface area contributed by atoms with Crippen molar-refractivity contribution in [2.75, 3.05) is 10.8 Å². The van der Waals surface area contributed by atoms with E-state index in [2.05, 4.69) is 4.98 Å². The first-order valence-corrected chi connectivity index (χ1v) is 8.11. The molecule has 0 fully saturated rings. The summed E-state index contributed by atoms with van der Waals surface area (Å²) < 4.78 is 26.9. The summed E-state index contributed by atoms with van der Waals surface area (Å²) in [6, 6.07) is 11.5. The van der Waals surface area contributed by atoms with Gasteiger partial charge in [0.05, 0.1) is 10.6 Å². The summed E-state index contributed by atoms with van der Waals surface area (Å²) in [5.74, 6) is -0.114. The lowest BCUT2D eigenvalue weighted by Crippen LogP contribution is -2.32. The third-order valence-electron chi connectivity index (χ3n) is 3.42.